The second kappa shape index (κ2) is 13.5. The van der Waals surface area contributed by atoms with E-state index in [2.05, 4.69) is 0 Å². The normalized spacial score (nSPS) is 22.0. The van der Waals surface area contributed by atoms with Gasteiger partial charge in [0.25, 0.3) is 0 Å². The molecule has 2 rings (SSSR count). The number of hydrogen-bond donors (Lipinski definition) is 0. The predicted molar refractivity (Wildman–Crippen MR) is 124 cm³/mol. The van der Waals surface area contributed by atoms with Gasteiger partial charge >= 0.3 is 11.9 Å². The first-order valence-electron chi connectivity index (χ1n) is 13.2. The fraction of sp³-hybridized carbons (Fsp3) is 0.923. The molecule has 2 aliphatic rings. The molecule has 2 unspecified atom stereocenters. The summed E-state index contributed by atoms with van der Waals surface area (Å²) in [5.74, 6) is -0.975. The van der Waals surface area contributed by atoms with Crippen molar-refractivity contribution in [3.05, 3.63) is 0 Å². The molecule has 0 aromatic carbocycles. The summed E-state index contributed by atoms with van der Waals surface area (Å²) < 4.78 is 24.7. The zero-order valence-corrected chi connectivity index (χ0v) is 20.9. The van der Waals surface area contributed by atoms with Crippen molar-refractivity contribution in [1.82, 2.24) is 0 Å². The van der Waals surface area contributed by atoms with Crippen molar-refractivity contribution < 1.29 is 28.5 Å². The minimum Gasteiger partial charge on any atom is -0.463 e. The first-order chi connectivity index (χ1) is 15.5. The van der Waals surface area contributed by atoms with E-state index in [4.69, 9.17) is 18.9 Å². The Bertz CT molecular complexity index is 517. The van der Waals surface area contributed by atoms with Gasteiger partial charge in [0.05, 0.1) is 25.4 Å². The van der Waals surface area contributed by atoms with Gasteiger partial charge in [0.1, 0.15) is 0 Å². The largest absolute Gasteiger partial charge is 0.463 e. The molecule has 0 aromatic rings. The Morgan fingerprint density at radius 1 is 0.625 bits per heavy atom. The second-order valence-corrected chi connectivity index (χ2v) is 9.39. The molecule has 0 spiro atoms. The number of carbonyl (C=O) groups excluding carboxylic acids is 2. The van der Waals surface area contributed by atoms with Gasteiger partial charge in [0.15, 0.2) is 0 Å². The summed E-state index contributed by atoms with van der Waals surface area (Å²) in [7, 11) is 0. The van der Waals surface area contributed by atoms with Crippen molar-refractivity contribution in [1.29, 1.82) is 0 Å². The number of ether oxygens (including phenoxy) is 4. The average molecular weight is 455 g/mol. The van der Waals surface area contributed by atoms with Crippen LogP contribution in [0.1, 0.15) is 118 Å². The summed E-state index contributed by atoms with van der Waals surface area (Å²) in [6.45, 7) is 8.31. The molecule has 0 bridgehead atoms. The summed E-state index contributed by atoms with van der Waals surface area (Å²) in [4.78, 5) is 27.4. The number of rotatable bonds is 13. The molecule has 2 atom stereocenters. The van der Waals surface area contributed by atoms with Crippen molar-refractivity contribution in [3.63, 3.8) is 0 Å². The molecule has 0 amide bonds. The van der Waals surface area contributed by atoms with Gasteiger partial charge in [-0.1, -0.05) is 66.2 Å². The highest BCUT2D eigenvalue weighted by molar-refractivity contribution is 5.93. The van der Waals surface area contributed by atoms with Crippen LogP contribution >= 0.6 is 0 Å². The zero-order chi connectivity index (χ0) is 23.5. The van der Waals surface area contributed by atoms with Gasteiger partial charge in [-0.25, -0.2) is 9.59 Å². The summed E-state index contributed by atoms with van der Waals surface area (Å²) in [5.41, 5.74) is -3.03. The van der Waals surface area contributed by atoms with Crippen LogP contribution in [0, 0.1) is 0 Å². The topological polar surface area (TPSA) is 71.1 Å². The maximum Gasteiger partial charge on any atom is 0.342 e. The summed E-state index contributed by atoms with van der Waals surface area (Å²) in [5, 5.41) is 0. The highest BCUT2D eigenvalue weighted by Crippen LogP contribution is 2.43. The molecule has 0 saturated heterocycles. The maximum absolute atomic E-state index is 13.7. The van der Waals surface area contributed by atoms with Crippen LogP contribution in [0.15, 0.2) is 0 Å². The lowest BCUT2D eigenvalue weighted by atomic mass is 9.76. The molecule has 2 aliphatic carbocycles. The first-order valence-corrected chi connectivity index (χ1v) is 13.2. The van der Waals surface area contributed by atoms with Crippen LogP contribution in [0.25, 0.3) is 0 Å². The van der Waals surface area contributed by atoms with Crippen molar-refractivity contribution >= 4 is 11.9 Å². The van der Waals surface area contributed by atoms with E-state index < -0.39 is 23.1 Å². The Kier molecular flexibility index (Phi) is 11.5. The molecule has 0 aromatic heterocycles. The quantitative estimate of drug-likeness (QED) is 0.323. The van der Waals surface area contributed by atoms with Crippen molar-refractivity contribution in [2.24, 2.45) is 0 Å². The lowest BCUT2D eigenvalue weighted by Crippen LogP contribution is -2.68. The van der Waals surface area contributed by atoms with Crippen LogP contribution in [0.3, 0.4) is 0 Å². The van der Waals surface area contributed by atoms with Gasteiger partial charge in [-0.05, 0) is 51.4 Å². The standard InChI is InChI=1S/C26H46O6/c1-5-19-29-23(27)25(7-3,31-21-15-11-9-12-16-21)26(8-4,24(28)30-20-6-2)32-22-17-13-10-14-18-22/h21-22H,5-20H2,1-4H3. The number of hydrogen-bond acceptors (Lipinski definition) is 6. The third-order valence-corrected chi connectivity index (χ3v) is 7.02. The van der Waals surface area contributed by atoms with E-state index in [-0.39, 0.29) is 12.2 Å². The van der Waals surface area contributed by atoms with Crippen molar-refractivity contribution in [3.8, 4) is 0 Å². The van der Waals surface area contributed by atoms with Crippen LogP contribution in [-0.4, -0.2) is 48.6 Å². The smallest absolute Gasteiger partial charge is 0.342 e. The summed E-state index contributed by atoms with van der Waals surface area (Å²) in [6.07, 6.45) is 12.0. The van der Waals surface area contributed by atoms with Gasteiger partial charge in [0.2, 0.25) is 11.2 Å². The van der Waals surface area contributed by atoms with E-state index in [1.54, 1.807) is 0 Å². The van der Waals surface area contributed by atoms with E-state index in [0.29, 0.717) is 38.9 Å². The molecule has 0 N–H and O–H groups in total. The van der Waals surface area contributed by atoms with Crippen LogP contribution in [-0.2, 0) is 28.5 Å². The summed E-state index contributed by atoms with van der Waals surface area (Å²) >= 11 is 0. The monoisotopic (exact) mass is 454 g/mol. The minimum atomic E-state index is -1.51. The third kappa shape index (κ3) is 6.25. The second-order valence-electron chi connectivity index (χ2n) is 9.39. The Labute approximate surface area is 195 Å². The molecule has 2 fully saturated rings. The molecular formula is C26H46O6. The fourth-order valence-corrected chi connectivity index (χ4v) is 5.20. The molecule has 186 valence electrons. The fourth-order valence-electron chi connectivity index (χ4n) is 5.20. The minimum absolute atomic E-state index is 0.0854. The highest BCUT2D eigenvalue weighted by Gasteiger charge is 2.65. The van der Waals surface area contributed by atoms with Gasteiger partial charge in [-0.3, -0.25) is 0 Å². The van der Waals surface area contributed by atoms with Gasteiger partial charge in [0, 0.05) is 0 Å². The molecule has 0 heterocycles. The maximum atomic E-state index is 13.7. The van der Waals surface area contributed by atoms with E-state index in [9.17, 15) is 9.59 Å². The average Bonchev–Trinajstić information content (AvgIpc) is 2.84. The lowest BCUT2D eigenvalue weighted by molar-refractivity contribution is -0.261. The predicted octanol–water partition coefficient (Wildman–Crippen LogP) is 5.89. The van der Waals surface area contributed by atoms with Gasteiger partial charge in [-0.2, -0.15) is 0 Å². The van der Waals surface area contributed by atoms with Crippen LogP contribution < -0.4 is 0 Å². The van der Waals surface area contributed by atoms with E-state index in [1.165, 1.54) is 12.8 Å². The van der Waals surface area contributed by atoms with E-state index >= 15 is 0 Å². The highest BCUT2D eigenvalue weighted by atomic mass is 16.6. The Morgan fingerprint density at radius 3 is 1.25 bits per heavy atom. The van der Waals surface area contributed by atoms with Crippen LogP contribution in [0.2, 0.25) is 0 Å². The Hall–Kier alpha value is -1.14. The van der Waals surface area contributed by atoms with Gasteiger partial charge in [-0.15, -0.1) is 0 Å². The summed E-state index contributed by atoms with van der Waals surface area (Å²) in [6, 6.07) is 0. The first kappa shape index (κ1) is 27.1. The lowest BCUT2D eigenvalue weighted by Gasteiger charge is -2.48. The van der Waals surface area contributed by atoms with Crippen LogP contribution in [0.4, 0.5) is 0 Å². The van der Waals surface area contributed by atoms with Crippen LogP contribution in [0.5, 0.6) is 0 Å². The SMILES string of the molecule is CCCOC(=O)C(CC)(OC1CCCCC1)C(CC)(OC1CCCCC1)C(=O)OCCC. The van der Waals surface area contributed by atoms with Crippen molar-refractivity contribution in [2.45, 2.75) is 141 Å². The number of esters is 2. The molecule has 0 aliphatic heterocycles. The molecular weight excluding hydrogens is 408 g/mol. The molecule has 32 heavy (non-hydrogen) atoms. The Morgan fingerprint density at radius 2 is 0.969 bits per heavy atom. The number of carbonyl (C=O) groups is 2. The molecule has 0 radical (unpaired) electrons. The molecule has 2 saturated carbocycles. The zero-order valence-electron chi connectivity index (χ0n) is 20.9. The van der Waals surface area contributed by atoms with E-state index in [1.807, 2.05) is 27.7 Å². The third-order valence-electron chi connectivity index (χ3n) is 7.02. The Balaban J connectivity index is 2.52. The van der Waals surface area contributed by atoms with Crippen molar-refractivity contribution in [2.75, 3.05) is 13.2 Å². The van der Waals surface area contributed by atoms with E-state index in [0.717, 1.165) is 51.4 Å². The molecule has 6 heteroatoms. The van der Waals surface area contributed by atoms with Gasteiger partial charge < -0.3 is 18.9 Å². The molecule has 6 nitrogen and oxygen atoms in total.